The molecule has 1 unspecified atom stereocenters. The minimum Gasteiger partial charge on any atom is -0.497 e. The molecule has 0 aliphatic heterocycles. The lowest BCUT2D eigenvalue weighted by Gasteiger charge is -2.42. The Balaban J connectivity index is 2.40. The molecule has 18 heavy (non-hydrogen) atoms. The average molecular weight is 248 g/mol. The first-order valence-electron chi connectivity index (χ1n) is 6.81. The minimum atomic E-state index is 0.119. The van der Waals surface area contributed by atoms with Crippen LogP contribution in [0.1, 0.15) is 45.1 Å². The highest BCUT2D eigenvalue weighted by atomic mass is 16.5. The Bertz CT molecular complexity index is 394. The molecule has 100 valence electrons. The topological polar surface area (TPSA) is 29.5 Å². The van der Waals surface area contributed by atoms with Crippen LogP contribution >= 0.6 is 0 Å². The van der Waals surface area contributed by atoms with Gasteiger partial charge in [-0.15, -0.1) is 0 Å². The lowest BCUT2D eigenvalue weighted by molar-refractivity contribution is 0.147. The maximum absolute atomic E-state index is 9.46. The SMILES string of the molecule is COc1ccc(C2(CCO)CCCC2(C)C)cc1. The summed E-state index contributed by atoms with van der Waals surface area (Å²) in [7, 11) is 1.69. The van der Waals surface area contributed by atoms with Crippen molar-refractivity contribution >= 4 is 0 Å². The molecule has 1 N–H and O–H groups in total. The second-order valence-corrected chi connectivity index (χ2v) is 6.02. The first-order valence-corrected chi connectivity index (χ1v) is 6.81. The summed E-state index contributed by atoms with van der Waals surface area (Å²) in [5, 5.41) is 9.46. The van der Waals surface area contributed by atoms with Crippen LogP contribution in [0.5, 0.6) is 5.75 Å². The van der Waals surface area contributed by atoms with Crippen molar-refractivity contribution in [1.29, 1.82) is 0 Å². The molecule has 0 radical (unpaired) electrons. The van der Waals surface area contributed by atoms with Gasteiger partial charge in [-0.2, -0.15) is 0 Å². The zero-order valence-corrected chi connectivity index (χ0v) is 11.7. The van der Waals surface area contributed by atoms with Crippen LogP contribution in [0.25, 0.3) is 0 Å². The van der Waals surface area contributed by atoms with Gasteiger partial charge in [0.25, 0.3) is 0 Å². The Morgan fingerprint density at radius 1 is 1.17 bits per heavy atom. The van der Waals surface area contributed by atoms with Gasteiger partial charge in [0.2, 0.25) is 0 Å². The Labute approximate surface area is 110 Å². The summed E-state index contributed by atoms with van der Waals surface area (Å²) < 4.78 is 5.23. The van der Waals surface area contributed by atoms with Crippen LogP contribution in [0.2, 0.25) is 0 Å². The third-order valence-electron chi connectivity index (χ3n) is 4.88. The molecule has 1 aliphatic carbocycles. The summed E-state index contributed by atoms with van der Waals surface area (Å²) in [6.07, 6.45) is 4.51. The number of benzene rings is 1. The van der Waals surface area contributed by atoms with Crippen LogP contribution in [-0.2, 0) is 5.41 Å². The number of methoxy groups -OCH3 is 1. The fourth-order valence-corrected chi connectivity index (χ4v) is 3.65. The van der Waals surface area contributed by atoms with Gasteiger partial charge < -0.3 is 9.84 Å². The maximum atomic E-state index is 9.46. The first-order chi connectivity index (χ1) is 8.55. The summed E-state index contributed by atoms with van der Waals surface area (Å²) in [6.45, 7) is 4.93. The van der Waals surface area contributed by atoms with Crippen LogP contribution < -0.4 is 4.74 Å². The second-order valence-electron chi connectivity index (χ2n) is 6.02. The lowest BCUT2D eigenvalue weighted by atomic mass is 9.62. The molecule has 1 atom stereocenters. The molecule has 2 nitrogen and oxygen atoms in total. The average Bonchev–Trinajstić information content (AvgIpc) is 2.66. The molecule has 0 spiro atoms. The number of hydrogen-bond acceptors (Lipinski definition) is 2. The third kappa shape index (κ3) is 2.03. The minimum absolute atomic E-state index is 0.119. The van der Waals surface area contributed by atoms with Gasteiger partial charge in [0.1, 0.15) is 5.75 Å². The molecule has 1 aromatic rings. The molecule has 0 bridgehead atoms. The third-order valence-corrected chi connectivity index (χ3v) is 4.88. The molecule has 0 heterocycles. The van der Waals surface area contributed by atoms with Crippen molar-refractivity contribution in [3.8, 4) is 5.75 Å². The number of ether oxygens (including phenoxy) is 1. The van der Waals surface area contributed by atoms with Crippen molar-refractivity contribution < 1.29 is 9.84 Å². The fourth-order valence-electron chi connectivity index (χ4n) is 3.65. The van der Waals surface area contributed by atoms with Crippen LogP contribution in [0.15, 0.2) is 24.3 Å². The molecule has 1 aliphatic rings. The highest BCUT2D eigenvalue weighted by molar-refractivity contribution is 5.35. The smallest absolute Gasteiger partial charge is 0.118 e. The quantitative estimate of drug-likeness (QED) is 0.883. The van der Waals surface area contributed by atoms with E-state index in [4.69, 9.17) is 4.74 Å². The predicted octanol–water partition coefficient (Wildman–Crippen LogP) is 3.53. The van der Waals surface area contributed by atoms with Gasteiger partial charge in [-0.25, -0.2) is 0 Å². The standard InChI is InChI=1S/C16H24O2/c1-15(2)9-4-10-16(15,11-12-17)13-5-7-14(18-3)8-6-13/h5-8,17H,4,9-12H2,1-3H3. The monoisotopic (exact) mass is 248 g/mol. The Hall–Kier alpha value is -1.02. The summed E-state index contributed by atoms with van der Waals surface area (Å²) in [5.74, 6) is 0.897. The van der Waals surface area contributed by atoms with E-state index in [-0.39, 0.29) is 17.4 Å². The molecule has 0 amide bonds. The van der Waals surface area contributed by atoms with Crippen LogP contribution in [0.4, 0.5) is 0 Å². The van der Waals surface area contributed by atoms with E-state index in [1.165, 1.54) is 24.8 Å². The van der Waals surface area contributed by atoms with Crippen molar-refractivity contribution in [2.45, 2.75) is 44.9 Å². The summed E-state index contributed by atoms with van der Waals surface area (Å²) >= 11 is 0. The molecule has 1 aromatic carbocycles. The zero-order valence-electron chi connectivity index (χ0n) is 11.7. The van der Waals surface area contributed by atoms with Gasteiger partial charge in [0, 0.05) is 12.0 Å². The predicted molar refractivity (Wildman–Crippen MR) is 74.0 cm³/mol. The second kappa shape index (κ2) is 4.93. The maximum Gasteiger partial charge on any atom is 0.118 e. The van der Waals surface area contributed by atoms with Crippen LogP contribution in [0, 0.1) is 5.41 Å². The van der Waals surface area contributed by atoms with E-state index in [1.807, 2.05) is 12.1 Å². The normalized spacial score (nSPS) is 26.2. The number of aliphatic hydroxyl groups is 1. The van der Waals surface area contributed by atoms with E-state index in [2.05, 4.69) is 26.0 Å². The molecule has 1 saturated carbocycles. The van der Waals surface area contributed by atoms with Crippen LogP contribution in [0.3, 0.4) is 0 Å². The number of rotatable bonds is 4. The summed E-state index contributed by atoms with van der Waals surface area (Å²) in [4.78, 5) is 0. The van der Waals surface area contributed by atoms with Gasteiger partial charge in [-0.1, -0.05) is 32.4 Å². The van der Waals surface area contributed by atoms with E-state index >= 15 is 0 Å². The van der Waals surface area contributed by atoms with E-state index in [0.717, 1.165) is 12.2 Å². The molecule has 0 saturated heterocycles. The van der Waals surface area contributed by atoms with Crippen molar-refractivity contribution in [2.24, 2.45) is 5.41 Å². The molecule has 1 fully saturated rings. The Morgan fingerprint density at radius 2 is 1.83 bits per heavy atom. The lowest BCUT2D eigenvalue weighted by Crippen LogP contribution is -2.38. The van der Waals surface area contributed by atoms with Crippen molar-refractivity contribution in [2.75, 3.05) is 13.7 Å². The van der Waals surface area contributed by atoms with Gasteiger partial charge in [0.15, 0.2) is 0 Å². The zero-order chi connectivity index (χ0) is 13.2. The highest BCUT2D eigenvalue weighted by Crippen LogP contribution is 2.56. The fraction of sp³-hybridized carbons (Fsp3) is 0.625. The largest absolute Gasteiger partial charge is 0.497 e. The molecular weight excluding hydrogens is 224 g/mol. The number of aliphatic hydroxyl groups excluding tert-OH is 1. The highest BCUT2D eigenvalue weighted by Gasteiger charge is 2.49. The molecule has 0 aromatic heterocycles. The van der Waals surface area contributed by atoms with Crippen molar-refractivity contribution in [3.63, 3.8) is 0 Å². The summed E-state index contributed by atoms with van der Waals surface area (Å²) in [5.41, 5.74) is 1.72. The molecular formula is C16H24O2. The molecule has 2 heteroatoms. The van der Waals surface area contributed by atoms with Crippen LogP contribution in [-0.4, -0.2) is 18.8 Å². The van der Waals surface area contributed by atoms with Gasteiger partial charge in [-0.3, -0.25) is 0 Å². The van der Waals surface area contributed by atoms with E-state index in [9.17, 15) is 5.11 Å². The Kier molecular flexibility index (Phi) is 3.67. The van der Waals surface area contributed by atoms with Crippen molar-refractivity contribution in [3.05, 3.63) is 29.8 Å². The van der Waals surface area contributed by atoms with E-state index in [1.54, 1.807) is 7.11 Å². The van der Waals surface area contributed by atoms with E-state index < -0.39 is 0 Å². The Morgan fingerprint density at radius 3 is 2.28 bits per heavy atom. The first kappa shape index (κ1) is 13.4. The van der Waals surface area contributed by atoms with Crippen molar-refractivity contribution in [1.82, 2.24) is 0 Å². The van der Waals surface area contributed by atoms with Gasteiger partial charge >= 0.3 is 0 Å². The number of hydrogen-bond donors (Lipinski definition) is 1. The summed E-state index contributed by atoms with van der Waals surface area (Å²) in [6, 6.07) is 8.40. The van der Waals surface area contributed by atoms with E-state index in [0.29, 0.717) is 0 Å². The van der Waals surface area contributed by atoms with Gasteiger partial charge in [0.05, 0.1) is 7.11 Å². The van der Waals surface area contributed by atoms with Gasteiger partial charge in [-0.05, 0) is 42.4 Å². The molecule has 2 rings (SSSR count).